The van der Waals surface area contributed by atoms with E-state index in [1.165, 1.54) is 14.7 Å². The molecule has 2 atom stereocenters. The van der Waals surface area contributed by atoms with Crippen LogP contribution in [0.1, 0.15) is 26.8 Å². The highest BCUT2D eigenvalue weighted by atomic mass is 35.5. The van der Waals surface area contributed by atoms with Gasteiger partial charge < -0.3 is 4.90 Å². The van der Waals surface area contributed by atoms with E-state index in [0.717, 1.165) is 5.56 Å². The van der Waals surface area contributed by atoms with Gasteiger partial charge in [0.25, 0.3) is 5.91 Å². The minimum absolute atomic E-state index is 0.280. The molecule has 0 saturated carbocycles. The number of hydrogen-bond acceptors (Lipinski definition) is 5. The Morgan fingerprint density at radius 1 is 1.09 bits per heavy atom. The summed E-state index contributed by atoms with van der Waals surface area (Å²) in [4.78, 5) is 35.1. The van der Waals surface area contributed by atoms with Crippen molar-refractivity contribution in [1.82, 2.24) is 9.80 Å². The Morgan fingerprint density at radius 3 is 2.37 bits per heavy atom. The van der Waals surface area contributed by atoms with E-state index in [9.17, 15) is 14.9 Å². The fourth-order valence-electron chi connectivity index (χ4n) is 5.20. The molecule has 0 bridgehead atoms. The Bertz CT molecular complexity index is 1350. The Labute approximate surface area is 217 Å². The molecule has 0 N–H and O–H groups in total. The number of carbonyl (C=O) groups excluding carboxylic acids is 2. The maximum Gasteiger partial charge on any atom is 0.332 e. The first kappa shape index (κ1) is 23.8. The number of anilines is 1. The van der Waals surface area contributed by atoms with Crippen molar-refractivity contribution >= 4 is 52.2 Å². The number of aryl methyl sites for hydroxylation is 1. The molecule has 6 nitrogen and oxygen atoms in total. The van der Waals surface area contributed by atoms with E-state index < -0.39 is 11.6 Å². The zero-order valence-corrected chi connectivity index (χ0v) is 21.5. The van der Waals surface area contributed by atoms with Crippen LogP contribution in [0.3, 0.4) is 0 Å². The summed E-state index contributed by atoms with van der Waals surface area (Å²) in [5.41, 5.74) is 0.704. The number of carbonyl (C=O) groups is 2. The van der Waals surface area contributed by atoms with Crippen LogP contribution in [-0.4, -0.2) is 47.4 Å². The quantitative estimate of drug-likeness (QED) is 0.412. The van der Waals surface area contributed by atoms with Crippen LogP contribution in [0.2, 0.25) is 10.0 Å². The number of hydrogen-bond donors (Lipinski definition) is 0. The SMILES string of the molecule is Cc1ccc(CN2CC(c3ccc(C#N)cc3)C3(C2)C(=O)N(c2cc(Cl)cc(Cl)c2)C(=O)N3C)s1. The molecule has 2 aliphatic rings. The van der Waals surface area contributed by atoms with Gasteiger partial charge >= 0.3 is 6.03 Å². The molecule has 1 aromatic heterocycles. The molecular weight excluding hydrogens is 503 g/mol. The molecule has 0 aliphatic carbocycles. The second-order valence-electron chi connectivity index (χ2n) is 9.00. The summed E-state index contributed by atoms with van der Waals surface area (Å²) in [6, 6.07) is 17.9. The van der Waals surface area contributed by atoms with Crippen LogP contribution in [0.4, 0.5) is 10.5 Å². The van der Waals surface area contributed by atoms with Gasteiger partial charge in [0.05, 0.1) is 17.3 Å². The third-order valence-corrected chi connectivity index (χ3v) is 8.28. The minimum atomic E-state index is -1.10. The fraction of sp³-hybridized carbons (Fsp3) is 0.269. The van der Waals surface area contributed by atoms with Crippen LogP contribution < -0.4 is 4.90 Å². The lowest BCUT2D eigenvalue weighted by atomic mass is 9.80. The number of amides is 3. The van der Waals surface area contributed by atoms with E-state index in [4.69, 9.17) is 23.2 Å². The van der Waals surface area contributed by atoms with E-state index in [1.807, 2.05) is 12.1 Å². The maximum atomic E-state index is 14.2. The van der Waals surface area contributed by atoms with Gasteiger partial charge in [0, 0.05) is 52.4 Å². The Kier molecular flexibility index (Phi) is 6.10. The average Bonchev–Trinajstić information content (AvgIpc) is 3.46. The molecule has 5 rings (SSSR count). The normalized spacial score (nSPS) is 22.4. The van der Waals surface area contributed by atoms with Gasteiger partial charge in [-0.15, -0.1) is 11.3 Å². The number of likely N-dealkylation sites (N-methyl/N-ethyl adjacent to an activating group) is 1. The van der Waals surface area contributed by atoms with Crippen molar-refractivity contribution in [1.29, 1.82) is 5.26 Å². The molecule has 9 heteroatoms. The van der Waals surface area contributed by atoms with Crippen LogP contribution in [0.5, 0.6) is 0 Å². The summed E-state index contributed by atoms with van der Waals surface area (Å²) in [7, 11) is 1.68. The first-order chi connectivity index (χ1) is 16.7. The number of rotatable bonds is 4. The third kappa shape index (κ3) is 4.01. The Balaban J connectivity index is 1.58. The molecule has 2 fully saturated rings. The number of thiophene rings is 1. The van der Waals surface area contributed by atoms with E-state index in [2.05, 4.69) is 30.0 Å². The molecule has 3 heterocycles. The van der Waals surface area contributed by atoms with Gasteiger partial charge in [-0.2, -0.15) is 5.26 Å². The molecule has 35 heavy (non-hydrogen) atoms. The summed E-state index contributed by atoms with van der Waals surface area (Å²) in [6.45, 7) is 3.74. The zero-order valence-electron chi connectivity index (χ0n) is 19.2. The van der Waals surface area contributed by atoms with E-state index >= 15 is 0 Å². The van der Waals surface area contributed by atoms with Crippen LogP contribution in [0.15, 0.2) is 54.6 Å². The summed E-state index contributed by atoms with van der Waals surface area (Å²) in [5, 5.41) is 9.94. The van der Waals surface area contributed by atoms with Crippen molar-refractivity contribution in [2.45, 2.75) is 24.9 Å². The summed E-state index contributed by atoms with van der Waals surface area (Å²) < 4.78 is 0. The van der Waals surface area contributed by atoms with Crippen molar-refractivity contribution in [3.8, 4) is 6.07 Å². The molecule has 2 aromatic carbocycles. The van der Waals surface area contributed by atoms with E-state index in [1.54, 1.807) is 53.6 Å². The molecule has 1 spiro atoms. The monoisotopic (exact) mass is 524 g/mol. The lowest BCUT2D eigenvalue weighted by molar-refractivity contribution is -0.124. The molecule has 3 aromatic rings. The highest BCUT2D eigenvalue weighted by molar-refractivity contribution is 7.11. The highest BCUT2D eigenvalue weighted by Gasteiger charge is 2.64. The molecule has 2 aliphatic heterocycles. The number of nitriles is 1. The third-order valence-electron chi connectivity index (χ3n) is 6.86. The number of urea groups is 1. The zero-order chi connectivity index (χ0) is 24.9. The van der Waals surface area contributed by atoms with Crippen LogP contribution in [0, 0.1) is 18.3 Å². The van der Waals surface area contributed by atoms with E-state index in [0.29, 0.717) is 40.9 Å². The van der Waals surface area contributed by atoms with Gasteiger partial charge in [-0.1, -0.05) is 35.3 Å². The number of imide groups is 1. The molecular formula is C26H22Cl2N4O2S. The minimum Gasteiger partial charge on any atom is -0.310 e. The second kappa shape index (κ2) is 8.96. The largest absolute Gasteiger partial charge is 0.332 e. The predicted octanol–water partition coefficient (Wildman–Crippen LogP) is 5.67. The predicted molar refractivity (Wildman–Crippen MR) is 138 cm³/mol. The molecule has 178 valence electrons. The fourth-order valence-corrected chi connectivity index (χ4v) is 6.65. The van der Waals surface area contributed by atoms with Gasteiger partial charge in [-0.3, -0.25) is 9.69 Å². The summed E-state index contributed by atoms with van der Waals surface area (Å²) >= 11 is 14.1. The molecule has 3 amide bonds. The van der Waals surface area contributed by atoms with Gasteiger partial charge in [-0.05, 0) is 55.0 Å². The summed E-state index contributed by atoms with van der Waals surface area (Å²) in [5.74, 6) is -0.583. The van der Waals surface area contributed by atoms with Crippen LogP contribution in [-0.2, 0) is 11.3 Å². The maximum absolute atomic E-state index is 14.2. The summed E-state index contributed by atoms with van der Waals surface area (Å²) in [6.07, 6.45) is 0. The lowest BCUT2D eigenvalue weighted by Gasteiger charge is -2.34. The Hall–Kier alpha value is -2.89. The van der Waals surface area contributed by atoms with Crippen molar-refractivity contribution in [3.05, 3.63) is 85.5 Å². The first-order valence-electron chi connectivity index (χ1n) is 11.1. The number of nitrogens with zero attached hydrogens (tertiary/aromatic N) is 4. The molecule has 2 unspecified atom stereocenters. The molecule has 0 radical (unpaired) electrons. The number of likely N-dealkylation sites (tertiary alicyclic amines) is 1. The van der Waals surface area contributed by atoms with Gasteiger partial charge in [0.2, 0.25) is 0 Å². The van der Waals surface area contributed by atoms with Gasteiger partial charge in [-0.25, -0.2) is 9.69 Å². The number of benzene rings is 2. The highest BCUT2D eigenvalue weighted by Crippen LogP contribution is 2.47. The van der Waals surface area contributed by atoms with Crippen molar-refractivity contribution in [3.63, 3.8) is 0 Å². The smallest absolute Gasteiger partial charge is 0.310 e. The van der Waals surface area contributed by atoms with E-state index in [-0.39, 0.29) is 11.8 Å². The van der Waals surface area contributed by atoms with Crippen LogP contribution >= 0.6 is 34.5 Å². The standard InChI is InChI=1S/C26H22Cl2N4O2S/c1-16-3-8-22(35-16)13-31-14-23(18-6-4-17(12-29)5-7-18)26(15-31)24(33)32(25(34)30(26)2)21-10-19(27)9-20(28)11-21/h3-11,23H,13-15H2,1-2H3. The average molecular weight is 525 g/mol. The van der Waals surface area contributed by atoms with Gasteiger partial charge in [0.1, 0.15) is 5.54 Å². The van der Waals surface area contributed by atoms with Crippen molar-refractivity contribution < 1.29 is 9.59 Å². The topological polar surface area (TPSA) is 67.6 Å². The first-order valence-corrected chi connectivity index (χ1v) is 12.7. The van der Waals surface area contributed by atoms with Crippen molar-refractivity contribution in [2.24, 2.45) is 0 Å². The Morgan fingerprint density at radius 2 is 1.77 bits per heavy atom. The second-order valence-corrected chi connectivity index (χ2v) is 11.2. The van der Waals surface area contributed by atoms with Gasteiger partial charge in [0.15, 0.2) is 0 Å². The van der Waals surface area contributed by atoms with Crippen molar-refractivity contribution in [2.75, 3.05) is 25.0 Å². The van der Waals surface area contributed by atoms with Crippen LogP contribution in [0.25, 0.3) is 0 Å². The lowest BCUT2D eigenvalue weighted by Crippen LogP contribution is -2.53. The molecule has 2 saturated heterocycles. The number of halogens is 2.